The van der Waals surface area contributed by atoms with Crippen LogP contribution in [0.4, 0.5) is 5.69 Å². The van der Waals surface area contributed by atoms with Crippen LogP contribution < -0.4 is 5.32 Å². The fraction of sp³-hybridized carbons (Fsp3) is 0.471. The van der Waals surface area contributed by atoms with Crippen molar-refractivity contribution in [2.75, 3.05) is 32.6 Å². The van der Waals surface area contributed by atoms with E-state index in [1.807, 2.05) is 0 Å². The molecule has 0 aliphatic heterocycles. The third kappa shape index (κ3) is 5.51. The summed E-state index contributed by atoms with van der Waals surface area (Å²) in [5.41, 5.74) is 0.449. The quantitative estimate of drug-likeness (QED) is 0.370. The maximum absolute atomic E-state index is 12.8. The van der Waals surface area contributed by atoms with E-state index in [4.69, 9.17) is 4.74 Å². The molecular formula is C17H25N3O6. The van der Waals surface area contributed by atoms with E-state index >= 15 is 0 Å². The number of aliphatic hydroxyl groups is 2. The van der Waals surface area contributed by atoms with E-state index in [1.54, 1.807) is 37.3 Å². The molecule has 0 saturated heterocycles. The summed E-state index contributed by atoms with van der Waals surface area (Å²) in [5, 5.41) is 21.9. The molecule has 0 aliphatic carbocycles. The first-order valence-corrected chi connectivity index (χ1v) is 8.06. The smallest absolute Gasteiger partial charge is 0.252 e. The number of likely N-dealkylation sites (N-methyl/N-ethyl adjacent to an activating group) is 2. The SMILES string of the molecule is CCN(C(=O)C(COC)N(C)C=O)C(C(=O)Nc1ccccc1)C(O)O. The van der Waals surface area contributed by atoms with Gasteiger partial charge in [0, 0.05) is 26.4 Å². The maximum atomic E-state index is 12.8. The molecule has 2 atom stereocenters. The summed E-state index contributed by atoms with van der Waals surface area (Å²) in [4.78, 5) is 38.5. The Bertz CT molecular complexity index is 595. The van der Waals surface area contributed by atoms with Crippen LogP contribution in [-0.4, -0.2) is 83.9 Å². The first-order chi connectivity index (χ1) is 12.4. The number of methoxy groups -OCH3 is 1. The Morgan fingerprint density at radius 2 is 1.88 bits per heavy atom. The van der Waals surface area contributed by atoms with Crippen LogP contribution in [0, 0.1) is 0 Å². The molecule has 0 heterocycles. The molecule has 2 unspecified atom stereocenters. The second kappa shape index (κ2) is 10.5. The van der Waals surface area contributed by atoms with Crippen LogP contribution in [0.3, 0.4) is 0 Å². The van der Waals surface area contributed by atoms with Crippen LogP contribution in [0.15, 0.2) is 30.3 Å². The first kappa shape index (κ1) is 21.6. The fourth-order valence-electron chi connectivity index (χ4n) is 2.45. The second-order valence-corrected chi connectivity index (χ2v) is 5.58. The summed E-state index contributed by atoms with van der Waals surface area (Å²) in [5.74, 6) is -1.39. The Morgan fingerprint density at radius 1 is 1.27 bits per heavy atom. The highest BCUT2D eigenvalue weighted by Crippen LogP contribution is 2.13. The van der Waals surface area contributed by atoms with Gasteiger partial charge in [0.05, 0.1) is 6.61 Å². The van der Waals surface area contributed by atoms with Crippen molar-refractivity contribution >= 4 is 23.9 Å². The molecule has 9 nitrogen and oxygen atoms in total. The van der Waals surface area contributed by atoms with Gasteiger partial charge in [-0.1, -0.05) is 18.2 Å². The number of carbonyl (C=O) groups excluding carboxylic acids is 3. The third-order valence-corrected chi connectivity index (χ3v) is 3.82. The maximum Gasteiger partial charge on any atom is 0.252 e. The average molecular weight is 367 g/mol. The summed E-state index contributed by atoms with van der Waals surface area (Å²) < 4.78 is 4.97. The second-order valence-electron chi connectivity index (χ2n) is 5.58. The number of hydrogen-bond donors (Lipinski definition) is 3. The van der Waals surface area contributed by atoms with E-state index in [-0.39, 0.29) is 13.2 Å². The van der Waals surface area contributed by atoms with Gasteiger partial charge in [-0.25, -0.2) is 0 Å². The van der Waals surface area contributed by atoms with E-state index in [9.17, 15) is 24.6 Å². The van der Waals surface area contributed by atoms with Crippen LogP contribution in [0.2, 0.25) is 0 Å². The number of anilines is 1. The van der Waals surface area contributed by atoms with Crippen LogP contribution in [0.25, 0.3) is 0 Å². The molecule has 0 aliphatic rings. The van der Waals surface area contributed by atoms with Crippen molar-refractivity contribution in [1.82, 2.24) is 9.80 Å². The lowest BCUT2D eigenvalue weighted by Crippen LogP contribution is -2.58. The molecule has 3 amide bonds. The van der Waals surface area contributed by atoms with Crippen molar-refractivity contribution in [3.8, 4) is 0 Å². The zero-order valence-corrected chi connectivity index (χ0v) is 15.0. The Hall–Kier alpha value is -2.49. The Balaban J connectivity index is 3.07. The Kier molecular flexibility index (Phi) is 8.70. The number of ether oxygens (including phenoxy) is 1. The van der Waals surface area contributed by atoms with E-state index in [0.29, 0.717) is 12.1 Å². The van der Waals surface area contributed by atoms with E-state index in [0.717, 1.165) is 9.80 Å². The number of nitrogens with one attached hydrogen (secondary N) is 1. The van der Waals surface area contributed by atoms with Gasteiger partial charge >= 0.3 is 0 Å². The molecule has 1 aromatic carbocycles. The molecule has 9 heteroatoms. The molecule has 26 heavy (non-hydrogen) atoms. The molecule has 0 spiro atoms. The van der Waals surface area contributed by atoms with E-state index in [1.165, 1.54) is 14.2 Å². The fourth-order valence-corrected chi connectivity index (χ4v) is 2.45. The summed E-state index contributed by atoms with van der Waals surface area (Å²) in [6.07, 6.45) is -1.64. The zero-order chi connectivity index (χ0) is 19.7. The highest BCUT2D eigenvalue weighted by atomic mass is 16.5. The lowest BCUT2D eigenvalue weighted by Gasteiger charge is -2.35. The van der Waals surface area contributed by atoms with Gasteiger partial charge in [-0.05, 0) is 19.1 Å². The van der Waals surface area contributed by atoms with Crippen molar-refractivity contribution < 1.29 is 29.3 Å². The van der Waals surface area contributed by atoms with Crippen molar-refractivity contribution in [3.05, 3.63) is 30.3 Å². The molecule has 0 aromatic heterocycles. The van der Waals surface area contributed by atoms with Gasteiger partial charge in [-0.2, -0.15) is 0 Å². The Labute approximate surface area is 152 Å². The summed E-state index contributed by atoms with van der Waals surface area (Å²) in [7, 11) is 2.77. The van der Waals surface area contributed by atoms with E-state index in [2.05, 4.69) is 5.32 Å². The average Bonchev–Trinajstić information content (AvgIpc) is 2.63. The number of amides is 3. The minimum absolute atomic E-state index is 0.0240. The third-order valence-electron chi connectivity index (χ3n) is 3.82. The highest BCUT2D eigenvalue weighted by Gasteiger charge is 2.38. The standard InChI is InChI=1S/C17H25N3O6/c1-4-20(16(23)13(10-26-3)19(2)11-21)14(17(24)25)15(22)18-12-8-6-5-7-9-12/h5-9,11,13-14,17,24-25H,4,10H2,1-3H3,(H,18,22). The predicted molar refractivity (Wildman–Crippen MR) is 94.0 cm³/mol. The molecule has 1 aromatic rings. The molecule has 0 bridgehead atoms. The van der Waals surface area contributed by atoms with Crippen molar-refractivity contribution in [1.29, 1.82) is 0 Å². The minimum Gasteiger partial charge on any atom is -0.382 e. The molecule has 0 saturated carbocycles. The number of nitrogens with zero attached hydrogens (tertiary/aromatic N) is 2. The van der Waals surface area contributed by atoms with Gasteiger partial charge in [0.25, 0.3) is 5.91 Å². The zero-order valence-electron chi connectivity index (χ0n) is 15.0. The van der Waals surface area contributed by atoms with Gasteiger partial charge in [-0.3, -0.25) is 14.4 Å². The van der Waals surface area contributed by atoms with Gasteiger partial charge in [0.1, 0.15) is 6.04 Å². The van der Waals surface area contributed by atoms with Gasteiger partial charge in [0.15, 0.2) is 12.3 Å². The van der Waals surface area contributed by atoms with Crippen LogP contribution in [0.5, 0.6) is 0 Å². The van der Waals surface area contributed by atoms with Crippen molar-refractivity contribution in [2.45, 2.75) is 25.3 Å². The number of hydrogen-bond acceptors (Lipinski definition) is 6. The van der Waals surface area contributed by atoms with Crippen LogP contribution in [0.1, 0.15) is 6.92 Å². The molecular weight excluding hydrogens is 342 g/mol. The Morgan fingerprint density at radius 3 is 2.35 bits per heavy atom. The molecule has 0 fully saturated rings. The topological polar surface area (TPSA) is 119 Å². The van der Waals surface area contributed by atoms with Crippen LogP contribution >= 0.6 is 0 Å². The number of para-hydroxylation sites is 1. The molecule has 3 N–H and O–H groups in total. The summed E-state index contributed by atoms with van der Waals surface area (Å²) in [6.45, 7) is 1.52. The lowest BCUT2D eigenvalue weighted by atomic mass is 10.1. The molecule has 0 radical (unpaired) electrons. The summed E-state index contributed by atoms with van der Waals surface area (Å²) in [6, 6.07) is 5.89. The number of carbonyl (C=O) groups is 3. The van der Waals surface area contributed by atoms with Gasteiger partial charge < -0.3 is 30.1 Å². The highest BCUT2D eigenvalue weighted by molar-refractivity contribution is 5.98. The number of benzene rings is 1. The normalized spacial score (nSPS) is 13.0. The lowest BCUT2D eigenvalue weighted by molar-refractivity contribution is -0.160. The number of rotatable bonds is 10. The predicted octanol–water partition coefficient (Wildman–Crippen LogP) is -0.744. The first-order valence-electron chi connectivity index (χ1n) is 8.06. The van der Waals surface area contributed by atoms with Gasteiger partial charge in [0.2, 0.25) is 12.3 Å². The molecule has 144 valence electrons. The van der Waals surface area contributed by atoms with Gasteiger partial charge in [-0.15, -0.1) is 0 Å². The largest absolute Gasteiger partial charge is 0.382 e. The van der Waals surface area contributed by atoms with Crippen molar-refractivity contribution in [3.63, 3.8) is 0 Å². The summed E-state index contributed by atoms with van der Waals surface area (Å²) >= 11 is 0. The number of aliphatic hydroxyl groups excluding tert-OH is 1. The van der Waals surface area contributed by atoms with E-state index < -0.39 is 30.2 Å². The molecule has 1 rings (SSSR count). The van der Waals surface area contributed by atoms with Crippen LogP contribution in [-0.2, 0) is 19.1 Å². The van der Waals surface area contributed by atoms with Crippen molar-refractivity contribution in [2.24, 2.45) is 0 Å². The minimum atomic E-state index is -2.10. The monoisotopic (exact) mass is 367 g/mol.